The Kier molecular flexibility index (Phi) is 5.07. The van der Waals surface area contributed by atoms with Crippen molar-refractivity contribution in [2.45, 2.75) is 52.5 Å². The third-order valence-corrected chi connectivity index (χ3v) is 3.92. The van der Waals surface area contributed by atoms with Crippen LogP contribution in [0, 0.1) is 5.41 Å². The van der Waals surface area contributed by atoms with Gasteiger partial charge in [0.15, 0.2) is 0 Å². The fourth-order valence-electron chi connectivity index (χ4n) is 1.89. The molecular weight excluding hydrogens is 184 g/mol. The molecule has 0 bridgehead atoms. The van der Waals surface area contributed by atoms with Crippen LogP contribution in [0.2, 0.25) is 0 Å². The Bertz CT molecular complexity index is 175. The van der Waals surface area contributed by atoms with Crippen LogP contribution in [0.25, 0.3) is 0 Å². The molecule has 1 unspecified atom stereocenters. The lowest BCUT2D eigenvalue weighted by molar-refractivity contribution is 0.302. The van der Waals surface area contributed by atoms with Crippen LogP contribution >= 0.6 is 0 Å². The Morgan fingerprint density at radius 1 is 1.33 bits per heavy atom. The summed E-state index contributed by atoms with van der Waals surface area (Å²) in [6, 6.07) is 0.692. The molecule has 1 atom stereocenters. The molecule has 1 aliphatic carbocycles. The largest absolute Gasteiger partial charge is 0.312 e. The maximum Gasteiger partial charge on any atom is 0.0104 e. The molecule has 0 heterocycles. The number of hydrogen-bond acceptors (Lipinski definition) is 2. The Morgan fingerprint density at radius 3 is 2.53 bits per heavy atom. The molecule has 1 saturated carbocycles. The van der Waals surface area contributed by atoms with Crippen molar-refractivity contribution in [3.8, 4) is 0 Å². The molecule has 1 rings (SSSR count). The van der Waals surface area contributed by atoms with Gasteiger partial charge in [-0.15, -0.1) is 0 Å². The monoisotopic (exact) mass is 212 g/mol. The molecule has 2 heteroatoms. The van der Waals surface area contributed by atoms with E-state index in [2.05, 4.69) is 38.0 Å². The second kappa shape index (κ2) is 5.86. The van der Waals surface area contributed by atoms with Crippen molar-refractivity contribution in [1.29, 1.82) is 0 Å². The highest BCUT2D eigenvalue weighted by atomic mass is 15.1. The van der Waals surface area contributed by atoms with Gasteiger partial charge in [0.2, 0.25) is 0 Å². The Labute approximate surface area is 95.4 Å². The van der Waals surface area contributed by atoms with Gasteiger partial charge in [-0.25, -0.2) is 0 Å². The number of nitrogens with zero attached hydrogens (tertiary/aromatic N) is 1. The standard InChI is InChI=1S/C13H28N2/c1-5-6-10-15(4)11-9-14-12(2)13(3)7-8-13/h12,14H,5-11H2,1-4H3. The first kappa shape index (κ1) is 13.0. The first-order valence-electron chi connectivity index (χ1n) is 6.50. The zero-order valence-electron chi connectivity index (χ0n) is 11.0. The normalized spacial score (nSPS) is 20.6. The van der Waals surface area contributed by atoms with Crippen LogP contribution in [0.3, 0.4) is 0 Å². The first-order chi connectivity index (χ1) is 7.08. The summed E-state index contributed by atoms with van der Waals surface area (Å²) < 4.78 is 0. The zero-order chi connectivity index (χ0) is 11.3. The summed E-state index contributed by atoms with van der Waals surface area (Å²) in [5.41, 5.74) is 0.613. The molecule has 0 aromatic heterocycles. The highest BCUT2D eigenvalue weighted by Crippen LogP contribution is 2.47. The van der Waals surface area contributed by atoms with Crippen molar-refractivity contribution >= 4 is 0 Å². The van der Waals surface area contributed by atoms with Crippen LogP contribution in [0.1, 0.15) is 46.5 Å². The molecule has 0 saturated heterocycles. The maximum atomic E-state index is 3.65. The van der Waals surface area contributed by atoms with Gasteiger partial charge in [-0.05, 0) is 45.2 Å². The lowest BCUT2D eigenvalue weighted by Gasteiger charge is -2.22. The van der Waals surface area contributed by atoms with Crippen LogP contribution < -0.4 is 5.32 Å². The quantitative estimate of drug-likeness (QED) is 0.665. The highest BCUT2D eigenvalue weighted by Gasteiger charge is 2.41. The summed E-state index contributed by atoms with van der Waals surface area (Å²) >= 11 is 0. The third-order valence-electron chi connectivity index (χ3n) is 3.92. The van der Waals surface area contributed by atoms with Gasteiger partial charge in [0.25, 0.3) is 0 Å². The van der Waals surface area contributed by atoms with Crippen molar-refractivity contribution < 1.29 is 0 Å². The number of likely N-dealkylation sites (N-methyl/N-ethyl adjacent to an activating group) is 1. The van der Waals surface area contributed by atoms with Crippen LogP contribution in [-0.2, 0) is 0 Å². The predicted octanol–water partition coefficient (Wildman–Crippen LogP) is 2.50. The van der Waals surface area contributed by atoms with E-state index in [4.69, 9.17) is 0 Å². The molecule has 90 valence electrons. The van der Waals surface area contributed by atoms with Gasteiger partial charge < -0.3 is 10.2 Å². The smallest absolute Gasteiger partial charge is 0.0104 e. The van der Waals surface area contributed by atoms with E-state index < -0.39 is 0 Å². The number of rotatable bonds is 8. The molecule has 2 nitrogen and oxygen atoms in total. The summed E-state index contributed by atoms with van der Waals surface area (Å²) in [6.45, 7) is 10.5. The van der Waals surface area contributed by atoms with E-state index in [1.807, 2.05) is 0 Å². The van der Waals surface area contributed by atoms with Crippen LogP contribution in [0.15, 0.2) is 0 Å². The van der Waals surface area contributed by atoms with E-state index >= 15 is 0 Å². The van der Waals surface area contributed by atoms with Crippen molar-refractivity contribution in [3.05, 3.63) is 0 Å². The molecule has 0 aromatic carbocycles. The van der Waals surface area contributed by atoms with Crippen molar-refractivity contribution in [3.63, 3.8) is 0 Å². The van der Waals surface area contributed by atoms with Crippen LogP contribution in [-0.4, -0.2) is 37.6 Å². The average molecular weight is 212 g/mol. The summed E-state index contributed by atoms with van der Waals surface area (Å²) in [5, 5.41) is 3.65. The van der Waals surface area contributed by atoms with Gasteiger partial charge in [-0.2, -0.15) is 0 Å². The van der Waals surface area contributed by atoms with Crippen molar-refractivity contribution in [2.75, 3.05) is 26.7 Å². The second-order valence-electron chi connectivity index (χ2n) is 5.49. The maximum absolute atomic E-state index is 3.65. The molecule has 0 amide bonds. The minimum atomic E-state index is 0.613. The van der Waals surface area contributed by atoms with E-state index in [1.54, 1.807) is 0 Å². The van der Waals surface area contributed by atoms with Gasteiger partial charge in [-0.3, -0.25) is 0 Å². The van der Waals surface area contributed by atoms with Gasteiger partial charge in [-0.1, -0.05) is 20.3 Å². The predicted molar refractivity (Wildman–Crippen MR) is 67.2 cm³/mol. The second-order valence-corrected chi connectivity index (χ2v) is 5.49. The summed E-state index contributed by atoms with van der Waals surface area (Å²) in [6.07, 6.45) is 5.44. The first-order valence-corrected chi connectivity index (χ1v) is 6.50. The van der Waals surface area contributed by atoms with Crippen LogP contribution in [0.5, 0.6) is 0 Å². The summed E-state index contributed by atoms with van der Waals surface area (Å²) in [5.74, 6) is 0. The molecule has 0 aliphatic heterocycles. The van der Waals surface area contributed by atoms with Gasteiger partial charge >= 0.3 is 0 Å². The zero-order valence-corrected chi connectivity index (χ0v) is 11.0. The minimum Gasteiger partial charge on any atom is -0.312 e. The summed E-state index contributed by atoms with van der Waals surface area (Å²) in [7, 11) is 2.22. The third kappa shape index (κ3) is 4.52. The van der Waals surface area contributed by atoms with E-state index in [1.165, 1.54) is 38.8 Å². The lowest BCUT2D eigenvalue weighted by Crippen LogP contribution is -2.38. The number of hydrogen-bond donors (Lipinski definition) is 1. The van der Waals surface area contributed by atoms with E-state index in [0.717, 1.165) is 6.54 Å². The van der Waals surface area contributed by atoms with Crippen molar-refractivity contribution in [1.82, 2.24) is 10.2 Å². The van der Waals surface area contributed by atoms with Gasteiger partial charge in [0.05, 0.1) is 0 Å². The molecule has 0 aromatic rings. The van der Waals surface area contributed by atoms with Crippen LogP contribution in [0.4, 0.5) is 0 Å². The van der Waals surface area contributed by atoms with Crippen molar-refractivity contribution in [2.24, 2.45) is 5.41 Å². The Hall–Kier alpha value is -0.0800. The fourth-order valence-corrected chi connectivity index (χ4v) is 1.89. The number of unbranched alkanes of at least 4 members (excludes halogenated alkanes) is 1. The van der Waals surface area contributed by atoms with Gasteiger partial charge in [0.1, 0.15) is 0 Å². The molecular formula is C13H28N2. The van der Waals surface area contributed by atoms with E-state index in [9.17, 15) is 0 Å². The van der Waals surface area contributed by atoms with E-state index in [-0.39, 0.29) is 0 Å². The molecule has 1 aliphatic rings. The Morgan fingerprint density at radius 2 is 2.00 bits per heavy atom. The van der Waals surface area contributed by atoms with Gasteiger partial charge in [0, 0.05) is 19.1 Å². The van der Waals surface area contributed by atoms with E-state index in [0.29, 0.717) is 11.5 Å². The molecule has 15 heavy (non-hydrogen) atoms. The fraction of sp³-hybridized carbons (Fsp3) is 1.00. The lowest BCUT2D eigenvalue weighted by atomic mass is 10.0. The minimum absolute atomic E-state index is 0.613. The average Bonchev–Trinajstić information content (AvgIpc) is 2.94. The SMILES string of the molecule is CCCCN(C)CCNC(C)C1(C)CC1. The number of nitrogens with one attached hydrogen (secondary N) is 1. The Balaban J connectivity index is 2.00. The molecule has 0 spiro atoms. The topological polar surface area (TPSA) is 15.3 Å². The molecule has 1 N–H and O–H groups in total. The highest BCUT2D eigenvalue weighted by molar-refractivity contribution is 4.96. The summed E-state index contributed by atoms with van der Waals surface area (Å²) in [4.78, 5) is 2.43. The molecule has 0 radical (unpaired) electrons. The molecule has 1 fully saturated rings.